The van der Waals surface area contributed by atoms with Crippen molar-refractivity contribution in [3.63, 3.8) is 0 Å². The average molecular weight is 386 g/mol. The second-order valence-corrected chi connectivity index (χ2v) is 9.66. The third kappa shape index (κ3) is 3.21. The van der Waals surface area contributed by atoms with Crippen LogP contribution in [0.15, 0.2) is 47.4 Å². The Kier molecular flexibility index (Phi) is 4.64. The van der Waals surface area contributed by atoms with Gasteiger partial charge in [-0.15, -0.1) is 0 Å². The number of aryl methyl sites for hydroxylation is 1. The van der Waals surface area contributed by atoms with Crippen LogP contribution in [0.1, 0.15) is 17.5 Å². The normalized spacial score (nSPS) is 19.8. The molecule has 4 rings (SSSR count). The first-order valence-electron chi connectivity index (χ1n) is 9.49. The molecule has 0 saturated heterocycles. The largest absolute Gasteiger partial charge is 0.374 e. The number of likely N-dealkylation sites (N-methyl/N-ethyl adjacent to an activating group) is 1. The van der Waals surface area contributed by atoms with Crippen LogP contribution < -0.4 is 9.21 Å². The molecule has 6 heteroatoms. The molecule has 0 fully saturated rings. The van der Waals surface area contributed by atoms with E-state index in [1.807, 2.05) is 57.5 Å². The van der Waals surface area contributed by atoms with Crippen molar-refractivity contribution in [1.29, 1.82) is 0 Å². The first-order valence-corrected chi connectivity index (χ1v) is 10.9. The summed E-state index contributed by atoms with van der Waals surface area (Å²) in [6, 6.07) is 13.6. The van der Waals surface area contributed by atoms with E-state index in [0.29, 0.717) is 11.4 Å². The Morgan fingerprint density at radius 3 is 2.59 bits per heavy atom. The minimum absolute atomic E-state index is 0.162. The number of sulfonamides is 1. The zero-order valence-corrected chi connectivity index (χ0v) is 17.0. The molecule has 2 aromatic rings. The van der Waals surface area contributed by atoms with Gasteiger partial charge in [0.25, 0.3) is 10.0 Å². The lowest BCUT2D eigenvalue weighted by Gasteiger charge is -2.38. The summed E-state index contributed by atoms with van der Waals surface area (Å²) in [6.07, 6.45) is 2.98. The van der Waals surface area contributed by atoms with Crippen LogP contribution >= 0.6 is 0 Å². The third-order valence-electron chi connectivity index (χ3n) is 5.82. The van der Waals surface area contributed by atoms with Gasteiger partial charge in [-0.2, -0.15) is 0 Å². The summed E-state index contributed by atoms with van der Waals surface area (Å²) in [4.78, 5) is 4.65. The molecule has 0 N–H and O–H groups in total. The summed E-state index contributed by atoms with van der Waals surface area (Å²) in [5.41, 5.74) is 4.16. The maximum atomic E-state index is 13.6. The van der Waals surface area contributed by atoms with Crippen LogP contribution in [0, 0.1) is 0 Å². The Morgan fingerprint density at radius 1 is 1.04 bits per heavy atom. The van der Waals surface area contributed by atoms with E-state index >= 15 is 0 Å². The smallest absolute Gasteiger partial charge is 0.264 e. The Balaban J connectivity index is 1.78. The summed E-state index contributed by atoms with van der Waals surface area (Å²) < 4.78 is 28.8. The number of anilines is 2. The molecule has 2 heterocycles. The molecule has 144 valence electrons. The first kappa shape index (κ1) is 18.3. The van der Waals surface area contributed by atoms with Crippen LogP contribution in [0.5, 0.6) is 0 Å². The van der Waals surface area contributed by atoms with E-state index in [4.69, 9.17) is 0 Å². The standard InChI is InChI=1S/C21H27N3O2S/c1-22(2)18-13-17-7-4-5-9-20(17)24(15-18)27(25,26)19-11-10-16-8-6-12-23(3)21(16)14-19/h4-5,7,9-11,14,18H,6,8,12-13,15H2,1-3H3/t18-/m0/s1. The summed E-state index contributed by atoms with van der Waals surface area (Å²) in [5.74, 6) is 0. The highest BCUT2D eigenvalue weighted by atomic mass is 32.2. The monoisotopic (exact) mass is 385 g/mol. The van der Waals surface area contributed by atoms with Crippen LogP contribution in [0.4, 0.5) is 11.4 Å². The van der Waals surface area contributed by atoms with Crippen LogP contribution in [-0.4, -0.2) is 53.6 Å². The van der Waals surface area contributed by atoms with Crippen molar-refractivity contribution >= 4 is 21.4 Å². The Hall–Kier alpha value is -2.05. The van der Waals surface area contributed by atoms with Gasteiger partial charge < -0.3 is 9.80 Å². The lowest BCUT2D eigenvalue weighted by Crippen LogP contribution is -2.48. The Bertz CT molecular complexity index is 956. The van der Waals surface area contributed by atoms with Gasteiger partial charge in [0.2, 0.25) is 0 Å². The summed E-state index contributed by atoms with van der Waals surface area (Å²) >= 11 is 0. The molecule has 0 spiro atoms. The SMILES string of the molecule is CN1CCCc2ccc(S(=O)(=O)N3C[C@@H](N(C)C)Cc4ccccc43)cc21. The molecule has 2 aromatic carbocycles. The molecule has 2 aliphatic heterocycles. The second kappa shape index (κ2) is 6.84. The molecule has 1 atom stereocenters. The summed E-state index contributed by atoms with van der Waals surface area (Å²) in [7, 11) is 2.44. The Labute approximate surface area is 162 Å². The van der Waals surface area contributed by atoms with Gasteiger partial charge in [0.15, 0.2) is 0 Å². The van der Waals surface area contributed by atoms with Crippen molar-refractivity contribution in [2.75, 3.05) is 43.4 Å². The number of rotatable bonds is 3. The van der Waals surface area contributed by atoms with Gasteiger partial charge in [0.05, 0.1) is 17.1 Å². The molecule has 0 bridgehead atoms. The topological polar surface area (TPSA) is 43.9 Å². The van der Waals surface area contributed by atoms with E-state index in [9.17, 15) is 8.42 Å². The van der Waals surface area contributed by atoms with Crippen LogP contribution in [0.2, 0.25) is 0 Å². The van der Waals surface area contributed by atoms with Gasteiger partial charge in [-0.1, -0.05) is 24.3 Å². The zero-order valence-electron chi connectivity index (χ0n) is 16.2. The van der Waals surface area contributed by atoms with Crippen molar-refractivity contribution < 1.29 is 8.42 Å². The van der Waals surface area contributed by atoms with Gasteiger partial charge in [-0.3, -0.25) is 4.31 Å². The Morgan fingerprint density at radius 2 is 1.81 bits per heavy atom. The van der Waals surface area contributed by atoms with Gasteiger partial charge >= 0.3 is 0 Å². The lowest BCUT2D eigenvalue weighted by molar-refractivity contribution is 0.293. The molecule has 0 saturated carbocycles. The highest BCUT2D eigenvalue weighted by Crippen LogP contribution is 2.35. The van der Waals surface area contributed by atoms with Crippen molar-refractivity contribution in [3.8, 4) is 0 Å². The van der Waals surface area contributed by atoms with E-state index in [-0.39, 0.29) is 6.04 Å². The number of hydrogen-bond donors (Lipinski definition) is 0. The minimum atomic E-state index is -3.62. The number of para-hydroxylation sites is 1. The van der Waals surface area contributed by atoms with Gasteiger partial charge in [-0.25, -0.2) is 8.42 Å². The van der Waals surface area contributed by atoms with Crippen LogP contribution in [0.25, 0.3) is 0 Å². The summed E-state index contributed by atoms with van der Waals surface area (Å²) in [6.45, 7) is 1.44. The lowest BCUT2D eigenvalue weighted by atomic mass is 9.99. The molecule has 27 heavy (non-hydrogen) atoms. The number of hydrogen-bond acceptors (Lipinski definition) is 4. The van der Waals surface area contributed by atoms with E-state index in [2.05, 4.69) is 9.80 Å². The van der Waals surface area contributed by atoms with E-state index in [1.54, 1.807) is 10.4 Å². The van der Waals surface area contributed by atoms with Gasteiger partial charge in [0, 0.05) is 25.3 Å². The maximum absolute atomic E-state index is 13.6. The molecule has 0 radical (unpaired) electrons. The molecule has 2 aliphatic rings. The number of benzene rings is 2. The van der Waals surface area contributed by atoms with Crippen molar-refractivity contribution in [3.05, 3.63) is 53.6 Å². The molecule has 0 unspecified atom stereocenters. The molecule has 0 aliphatic carbocycles. The predicted molar refractivity (Wildman–Crippen MR) is 110 cm³/mol. The zero-order chi connectivity index (χ0) is 19.2. The number of nitrogens with zero attached hydrogens (tertiary/aromatic N) is 3. The van der Waals surface area contributed by atoms with E-state index in [1.165, 1.54) is 5.56 Å². The second-order valence-electron chi connectivity index (χ2n) is 7.80. The number of fused-ring (bicyclic) bond motifs is 2. The molecular weight excluding hydrogens is 358 g/mol. The maximum Gasteiger partial charge on any atom is 0.264 e. The summed E-state index contributed by atoms with van der Waals surface area (Å²) in [5, 5.41) is 0. The highest BCUT2D eigenvalue weighted by Gasteiger charge is 2.34. The fraction of sp³-hybridized carbons (Fsp3) is 0.429. The van der Waals surface area contributed by atoms with Gasteiger partial charge in [0.1, 0.15) is 0 Å². The first-order chi connectivity index (χ1) is 12.9. The van der Waals surface area contributed by atoms with Crippen LogP contribution in [-0.2, 0) is 22.9 Å². The van der Waals surface area contributed by atoms with Crippen molar-refractivity contribution in [2.45, 2.75) is 30.2 Å². The van der Waals surface area contributed by atoms with E-state index < -0.39 is 10.0 Å². The molecule has 0 amide bonds. The van der Waals surface area contributed by atoms with Crippen molar-refractivity contribution in [1.82, 2.24) is 4.90 Å². The molecule has 0 aromatic heterocycles. The third-order valence-corrected chi connectivity index (χ3v) is 7.59. The highest BCUT2D eigenvalue weighted by molar-refractivity contribution is 7.92. The average Bonchev–Trinajstić information content (AvgIpc) is 2.67. The quantitative estimate of drug-likeness (QED) is 0.815. The van der Waals surface area contributed by atoms with E-state index in [0.717, 1.165) is 42.7 Å². The fourth-order valence-corrected chi connectivity index (χ4v) is 5.69. The molecule has 5 nitrogen and oxygen atoms in total. The fourth-order valence-electron chi connectivity index (χ4n) is 4.13. The molecular formula is C21H27N3O2S. The predicted octanol–water partition coefficient (Wildman–Crippen LogP) is 2.75. The minimum Gasteiger partial charge on any atom is -0.374 e. The van der Waals surface area contributed by atoms with Crippen LogP contribution in [0.3, 0.4) is 0 Å². The van der Waals surface area contributed by atoms with Crippen molar-refractivity contribution in [2.24, 2.45) is 0 Å². The van der Waals surface area contributed by atoms with Gasteiger partial charge in [-0.05, 0) is 62.7 Å².